The van der Waals surface area contributed by atoms with E-state index >= 15 is 0 Å². The molecule has 9 heteroatoms. The Balaban J connectivity index is 1.59. The third kappa shape index (κ3) is 4.61. The van der Waals surface area contributed by atoms with Gasteiger partial charge in [0.2, 0.25) is 5.95 Å². The van der Waals surface area contributed by atoms with Gasteiger partial charge in [-0.2, -0.15) is 0 Å². The molecule has 8 nitrogen and oxygen atoms in total. The Labute approximate surface area is 210 Å². The first-order valence-corrected chi connectivity index (χ1v) is 13.2. The molecule has 0 saturated carbocycles. The fraction of sp³-hybridized carbons (Fsp3) is 0.222. The van der Waals surface area contributed by atoms with Gasteiger partial charge in [0, 0.05) is 12.7 Å². The Morgan fingerprint density at radius 3 is 2.50 bits per heavy atom. The number of ether oxygens (including phenoxy) is 1. The van der Waals surface area contributed by atoms with Crippen LogP contribution in [0.1, 0.15) is 39.7 Å². The van der Waals surface area contributed by atoms with Crippen molar-refractivity contribution in [3.8, 4) is 11.4 Å². The Bertz CT molecular complexity index is 1530. The Morgan fingerprint density at radius 2 is 1.78 bits per heavy atom. The summed E-state index contributed by atoms with van der Waals surface area (Å²) in [6.45, 7) is 4.51. The molecule has 0 atom stereocenters. The molecule has 0 saturated heterocycles. The molecule has 184 valence electrons. The van der Waals surface area contributed by atoms with Crippen LogP contribution in [0.5, 0.6) is 0 Å². The first kappa shape index (κ1) is 23.7. The number of carbonyl (C=O) groups excluding carboxylic acids is 1. The summed E-state index contributed by atoms with van der Waals surface area (Å²) in [5.41, 5.74) is 5.86. The molecule has 1 aliphatic carbocycles. The van der Waals surface area contributed by atoms with Crippen molar-refractivity contribution in [2.75, 3.05) is 11.3 Å². The standard InChI is InChI=1S/C27H26N4O4S/c1-3-35-26(32)23-15-20-13-14-21-16-28-27(30-36(33,34)22-7-5-4-6-8-22)29-24(21)25(20)31(23)17-19-11-9-18(2)10-12-19/h4-12,15-16H,3,13-14,17H2,1-2H3,(H,28,29,30). The zero-order chi connectivity index (χ0) is 25.3. The molecule has 5 rings (SSSR count). The molecule has 1 aliphatic rings. The summed E-state index contributed by atoms with van der Waals surface area (Å²) < 4.78 is 35.5. The number of esters is 1. The number of sulfonamides is 1. The molecule has 0 fully saturated rings. The highest BCUT2D eigenvalue weighted by Gasteiger charge is 2.28. The van der Waals surface area contributed by atoms with Crippen LogP contribution < -0.4 is 4.72 Å². The highest BCUT2D eigenvalue weighted by atomic mass is 32.2. The second kappa shape index (κ2) is 9.58. The van der Waals surface area contributed by atoms with E-state index in [0.717, 1.165) is 27.9 Å². The lowest BCUT2D eigenvalue weighted by Crippen LogP contribution is -2.18. The van der Waals surface area contributed by atoms with Gasteiger partial charge in [0.05, 0.1) is 22.9 Å². The maximum absolute atomic E-state index is 12.9. The van der Waals surface area contributed by atoms with Crippen LogP contribution in [-0.4, -0.2) is 35.5 Å². The quantitative estimate of drug-likeness (QED) is 0.376. The van der Waals surface area contributed by atoms with Gasteiger partial charge in [0.15, 0.2) is 0 Å². The monoisotopic (exact) mass is 502 g/mol. The summed E-state index contributed by atoms with van der Waals surface area (Å²) in [5, 5.41) is 0. The highest BCUT2D eigenvalue weighted by Crippen LogP contribution is 2.36. The molecule has 0 bridgehead atoms. The molecule has 2 aromatic carbocycles. The zero-order valence-electron chi connectivity index (χ0n) is 20.1. The van der Waals surface area contributed by atoms with E-state index in [9.17, 15) is 13.2 Å². The lowest BCUT2D eigenvalue weighted by Gasteiger charge is -2.20. The second-order valence-corrected chi connectivity index (χ2v) is 10.4. The minimum atomic E-state index is -3.85. The lowest BCUT2D eigenvalue weighted by atomic mass is 9.95. The molecule has 0 radical (unpaired) electrons. The molecule has 0 unspecified atom stereocenters. The number of nitrogens with one attached hydrogen (secondary N) is 1. The summed E-state index contributed by atoms with van der Waals surface area (Å²) in [6.07, 6.45) is 3.06. The van der Waals surface area contributed by atoms with Crippen molar-refractivity contribution in [3.63, 3.8) is 0 Å². The van der Waals surface area contributed by atoms with Gasteiger partial charge >= 0.3 is 5.97 Å². The van der Waals surface area contributed by atoms with Gasteiger partial charge < -0.3 is 9.30 Å². The second-order valence-electron chi connectivity index (χ2n) is 8.68. The predicted molar refractivity (Wildman–Crippen MR) is 136 cm³/mol. The van der Waals surface area contributed by atoms with Gasteiger partial charge in [-0.3, -0.25) is 0 Å². The van der Waals surface area contributed by atoms with Gasteiger partial charge in [-0.05, 0) is 61.6 Å². The van der Waals surface area contributed by atoms with Crippen LogP contribution >= 0.6 is 0 Å². The number of hydrogen-bond donors (Lipinski definition) is 1. The number of benzene rings is 2. The van der Waals surface area contributed by atoms with Crippen molar-refractivity contribution < 1.29 is 17.9 Å². The number of carbonyl (C=O) groups is 1. The van der Waals surface area contributed by atoms with Crippen molar-refractivity contribution in [1.82, 2.24) is 14.5 Å². The molecule has 36 heavy (non-hydrogen) atoms. The summed E-state index contributed by atoms with van der Waals surface area (Å²) in [5.74, 6) is -0.425. The fourth-order valence-corrected chi connectivity index (χ4v) is 5.35. The Morgan fingerprint density at radius 1 is 1.06 bits per heavy atom. The number of rotatable bonds is 7. The maximum Gasteiger partial charge on any atom is 0.354 e. The van der Waals surface area contributed by atoms with Crippen molar-refractivity contribution in [1.29, 1.82) is 0 Å². The number of fused-ring (bicyclic) bond motifs is 3. The van der Waals surface area contributed by atoms with Crippen molar-refractivity contribution in [2.24, 2.45) is 0 Å². The summed E-state index contributed by atoms with van der Waals surface area (Å²) in [4.78, 5) is 21.9. The summed E-state index contributed by atoms with van der Waals surface area (Å²) in [6, 6.07) is 18.1. The number of anilines is 1. The van der Waals surface area contributed by atoms with E-state index in [2.05, 4.69) is 14.7 Å². The van der Waals surface area contributed by atoms with Crippen LogP contribution in [0.4, 0.5) is 5.95 Å². The average Bonchev–Trinajstić information content (AvgIpc) is 3.25. The van der Waals surface area contributed by atoms with E-state index in [0.29, 0.717) is 30.8 Å². The van der Waals surface area contributed by atoms with Crippen molar-refractivity contribution in [3.05, 3.63) is 94.8 Å². The molecular weight excluding hydrogens is 476 g/mol. The first-order valence-electron chi connectivity index (χ1n) is 11.7. The molecule has 2 heterocycles. The molecule has 0 spiro atoms. The van der Waals surface area contributed by atoms with E-state index in [1.807, 2.05) is 41.8 Å². The third-order valence-corrected chi connectivity index (χ3v) is 7.50. The van der Waals surface area contributed by atoms with Crippen LogP contribution in [0.2, 0.25) is 0 Å². The highest BCUT2D eigenvalue weighted by molar-refractivity contribution is 7.92. The van der Waals surface area contributed by atoms with Crippen LogP contribution in [0.3, 0.4) is 0 Å². The predicted octanol–water partition coefficient (Wildman–Crippen LogP) is 4.38. The molecule has 2 aromatic heterocycles. The Kier molecular flexibility index (Phi) is 6.32. The molecule has 0 aliphatic heterocycles. The van der Waals surface area contributed by atoms with Crippen LogP contribution in [0, 0.1) is 6.92 Å². The van der Waals surface area contributed by atoms with E-state index in [-0.39, 0.29) is 17.5 Å². The largest absolute Gasteiger partial charge is 0.461 e. The minimum absolute atomic E-state index is 0.0220. The van der Waals surface area contributed by atoms with Gasteiger partial charge in [-0.25, -0.2) is 27.9 Å². The number of aryl methyl sites for hydroxylation is 3. The number of aromatic nitrogens is 3. The van der Waals surface area contributed by atoms with Gasteiger partial charge in [-0.1, -0.05) is 48.0 Å². The van der Waals surface area contributed by atoms with Crippen LogP contribution in [0.25, 0.3) is 11.4 Å². The molecular formula is C27H26N4O4S. The van der Waals surface area contributed by atoms with E-state index < -0.39 is 16.0 Å². The van der Waals surface area contributed by atoms with Gasteiger partial charge in [0.25, 0.3) is 10.0 Å². The third-order valence-electron chi connectivity index (χ3n) is 6.15. The lowest BCUT2D eigenvalue weighted by molar-refractivity contribution is 0.0514. The summed E-state index contributed by atoms with van der Waals surface area (Å²) in [7, 11) is -3.85. The summed E-state index contributed by atoms with van der Waals surface area (Å²) >= 11 is 0. The smallest absolute Gasteiger partial charge is 0.354 e. The van der Waals surface area contributed by atoms with Crippen molar-refractivity contribution in [2.45, 2.75) is 38.1 Å². The van der Waals surface area contributed by atoms with Crippen LogP contribution in [0.15, 0.2) is 71.8 Å². The van der Waals surface area contributed by atoms with Gasteiger partial charge in [0.1, 0.15) is 5.69 Å². The normalized spacial score (nSPS) is 12.5. The number of hydrogen-bond acceptors (Lipinski definition) is 6. The minimum Gasteiger partial charge on any atom is -0.461 e. The van der Waals surface area contributed by atoms with Crippen molar-refractivity contribution >= 4 is 21.9 Å². The average molecular weight is 503 g/mol. The molecule has 1 N–H and O–H groups in total. The number of nitrogens with zero attached hydrogens (tertiary/aromatic N) is 3. The zero-order valence-corrected chi connectivity index (χ0v) is 20.9. The molecule has 4 aromatic rings. The van der Waals surface area contributed by atoms with Gasteiger partial charge in [-0.15, -0.1) is 0 Å². The first-order chi connectivity index (χ1) is 17.4. The van der Waals surface area contributed by atoms with E-state index in [1.165, 1.54) is 12.1 Å². The van der Waals surface area contributed by atoms with E-state index in [4.69, 9.17) is 4.74 Å². The SMILES string of the molecule is CCOC(=O)c1cc2c(n1Cc1ccc(C)cc1)-c1nc(NS(=O)(=O)c3ccccc3)ncc1CC2. The van der Waals surface area contributed by atoms with E-state index in [1.54, 1.807) is 31.3 Å². The van der Waals surface area contributed by atoms with Crippen LogP contribution in [-0.2, 0) is 34.1 Å². The topological polar surface area (TPSA) is 103 Å². The fourth-order valence-electron chi connectivity index (χ4n) is 4.38. The Hall–Kier alpha value is -3.98. The molecule has 0 amide bonds. The maximum atomic E-state index is 12.9.